The molecule has 0 saturated carbocycles. The van der Waals surface area contributed by atoms with Crippen molar-refractivity contribution in [3.8, 4) is 0 Å². The number of halogens is 1. The second-order valence-corrected chi connectivity index (χ2v) is 7.03. The Morgan fingerprint density at radius 1 is 1.16 bits per heavy atom. The molecule has 4 nitrogen and oxygen atoms in total. The normalized spacial score (nSPS) is 14.1. The van der Waals surface area contributed by atoms with Crippen molar-refractivity contribution in [3.05, 3.63) is 59.1 Å². The van der Waals surface area contributed by atoms with Crippen LogP contribution in [0.5, 0.6) is 0 Å². The van der Waals surface area contributed by atoms with Gasteiger partial charge in [0.1, 0.15) is 0 Å². The maximum atomic E-state index is 12.2. The van der Waals surface area contributed by atoms with Crippen LogP contribution in [-0.4, -0.2) is 37.5 Å². The lowest BCUT2D eigenvalue weighted by molar-refractivity contribution is -0.117. The average molecular weight is 358 g/mol. The molecular weight excluding hydrogens is 334 g/mol. The molecule has 1 N–H and O–H groups in total. The van der Waals surface area contributed by atoms with Gasteiger partial charge in [-0.05, 0) is 61.9 Å². The van der Waals surface area contributed by atoms with Crippen LogP contribution < -0.4 is 10.2 Å². The van der Waals surface area contributed by atoms with Gasteiger partial charge in [0, 0.05) is 36.0 Å². The summed E-state index contributed by atoms with van der Waals surface area (Å²) < 4.78 is 0. The highest BCUT2D eigenvalue weighted by Crippen LogP contribution is 2.22. The minimum absolute atomic E-state index is 0.0153. The predicted octanol–water partition coefficient (Wildman–Crippen LogP) is 4.01. The number of hydrogen-bond acceptors (Lipinski definition) is 3. The zero-order chi connectivity index (χ0) is 17.6. The third-order valence-corrected chi connectivity index (χ3v) is 4.61. The smallest absolute Gasteiger partial charge is 0.238 e. The zero-order valence-electron chi connectivity index (χ0n) is 14.5. The van der Waals surface area contributed by atoms with E-state index in [1.165, 1.54) is 18.5 Å². The van der Waals surface area contributed by atoms with Gasteiger partial charge in [-0.15, -0.1) is 0 Å². The Morgan fingerprint density at radius 3 is 2.56 bits per heavy atom. The van der Waals surface area contributed by atoms with E-state index in [4.69, 9.17) is 11.6 Å². The highest BCUT2D eigenvalue weighted by Gasteiger charge is 2.12. The molecule has 132 valence electrons. The molecule has 1 heterocycles. The highest BCUT2D eigenvalue weighted by atomic mass is 35.5. The van der Waals surface area contributed by atoms with Gasteiger partial charge in [0.15, 0.2) is 0 Å². The van der Waals surface area contributed by atoms with E-state index in [2.05, 4.69) is 22.3 Å². The summed E-state index contributed by atoms with van der Waals surface area (Å²) in [6.07, 6.45) is 2.52. The summed E-state index contributed by atoms with van der Waals surface area (Å²) in [6, 6.07) is 15.8. The number of carbonyl (C=O) groups excluding carboxylic acids is 1. The van der Waals surface area contributed by atoms with Crippen LogP contribution >= 0.6 is 11.6 Å². The molecule has 0 aromatic heterocycles. The van der Waals surface area contributed by atoms with Gasteiger partial charge in [-0.2, -0.15) is 0 Å². The number of hydrogen-bond donors (Lipinski definition) is 1. The molecule has 0 spiro atoms. The van der Waals surface area contributed by atoms with E-state index in [1.54, 1.807) is 0 Å². The van der Waals surface area contributed by atoms with E-state index in [0.29, 0.717) is 18.1 Å². The fourth-order valence-corrected chi connectivity index (χ4v) is 3.39. The molecule has 0 radical (unpaired) electrons. The van der Waals surface area contributed by atoms with Crippen molar-refractivity contribution >= 4 is 28.9 Å². The third kappa shape index (κ3) is 5.21. The molecule has 25 heavy (non-hydrogen) atoms. The van der Waals surface area contributed by atoms with Crippen molar-refractivity contribution in [3.63, 3.8) is 0 Å². The zero-order valence-corrected chi connectivity index (χ0v) is 15.3. The Balaban J connectivity index is 1.49. The predicted molar refractivity (Wildman–Crippen MR) is 104 cm³/mol. The van der Waals surface area contributed by atoms with E-state index < -0.39 is 0 Å². The van der Waals surface area contributed by atoms with Gasteiger partial charge in [0.05, 0.1) is 6.54 Å². The van der Waals surface area contributed by atoms with E-state index in [1.807, 2.05) is 48.3 Å². The lowest BCUT2D eigenvalue weighted by atomic mass is 10.2. The molecule has 1 aliphatic heterocycles. The number of nitrogens with one attached hydrogen (secondary N) is 1. The molecule has 2 aromatic carbocycles. The fourth-order valence-electron chi connectivity index (χ4n) is 3.18. The lowest BCUT2D eigenvalue weighted by Gasteiger charge is -2.18. The second kappa shape index (κ2) is 8.37. The molecule has 3 rings (SSSR count). The van der Waals surface area contributed by atoms with Crippen molar-refractivity contribution < 1.29 is 4.79 Å². The topological polar surface area (TPSA) is 35.6 Å². The van der Waals surface area contributed by atoms with Crippen molar-refractivity contribution in [2.45, 2.75) is 19.4 Å². The fraction of sp³-hybridized carbons (Fsp3) is 0.350. The number of amides is 1. The first-order valence-corrected chi connectivity index (χ1v) is 9.06. The molecule has 1 aliphatic rings. The molecule has 1 saturated heterocycles. The monoisotopic (exact) mass is 357 g/mol. The van der Waals surface area contributed by atoms with Gasteiger partial charge in [0.25, 0.3) is 0 Å². The molecule has 0 aliphatic carbocycles. The molecule has 0 atom stereocenters. The highest BCUT2D eigenvalue weighted by molar-refractivity contribution is 6.30. The van der Waals surface area contributed by atoms with Crippen LogP contribution in [0.25, 0.3) is 0 Å². The molecular formula is C20H24ClN3O. The van der Waals surface area contributed by atoms with Crippen LogP contribution in [0.4, 0.5) is 11.4 Å². The minimum Gasteiger partial charge on any atom is -0.372 e. The van der Waals surface area contributed by atoms with Gasteiger partial charge in [-0.25, -0.2) is 0 Å². The first kappa shape index (κ1) is 17.8. The maximum Gasteiger partial charge on any atom is 0.238 e. The van der Waals surface area contributed by atoms with Crippen LogP contribution in [0, 0.1) is 0 Å². The third-order valence-electron chi connectivity index (χ3n) is 4.38. The second-order valence-electron chi connectivity index (χ2n) is 6.59. The first-order valence-electron chi connectivity index (χ1n) is 8.68. The van der Waals surface area contributed by atoms with E-state index in [0.717, 1.165) is 24.3 Å². The summed E-state index contributed by atoms with van der Waals surface area (Å²) >= 11 is 6.00. The number of carbonyl (C=O) groups is 1. The summed E-state index contributed by atoms with van der Waals surface area (Å²) in [7, 11) is 1.93. The van der Waals surface area contributed by atoms with Crippen LogP contribution in [-0.2, 0) is 11.3 Å². The Labute approximate surface area is 154 Å². The van der Waals surface area contributed by atoms with Crippen LogP contribution in [0.1, 0.15) is 18.4 Å². The molecule has 1 amide bonds. The van der Waals surface area contributed by atoms with Gasteiger partial charge in [-0.3, -0.25) is 9.69 Å². The van der Waals surface area contributed by atoms with Crippen molar-refractivity contribution in [2.24, 2.45) is 0 Å². The van der Waals surface area contributed by atoms with Crippen LogP contribution in [0.3, 0.4) is 0 Å². The summed E-state index contributed by atoms with van der Waals surface area (Å²) in [4.78, 5) is 16.6. The Kier molecular flexibility index (Phi) is 5.95. The van der Waals surface area contributed by atoms with Crippen molar-refractivity contribution in [1.29, 1.82) is 0 Å². The van der Waals surface area contributed by atoms with E-state index in [9.17, 15) is 4.79 Å². The van der Waals surface area contributed by atoms with Crippen LogP contribution in [0.15, 0.2) is 48.5 Å². The summed E-state index contributed by atoms with van der Waals surface area (Å²) in [6.45, 7) is 3.27. The Morgan fingerprint density at radius 2 is 1.88 bits per heavy atom. The number of rotatable bonds is 6. The van der Waals surface area contributed by atoms with E-state index in [-0.39, 0.29) is 5.91 Å². The van der Waals surface area contributed by atoms with Crippen molar-refractivity contribution in [1.82, 2.24) is 4.90 Å². The quantitative estimate of drug-likeness (QED) is 0.848. The molecule has 0 bridgehead atoms. The standard InChI is InChI=1S/C20H24ClN3O/c1-23(14-16-5-4-6-17(21)13-16)15-20(25)22-18-7-9-19(10-8-18)24-11-2-3-12-24/h4-10,13H,2-3,11-12,14-15H2,1H3,(H,22,25). The largest absolute Gasteiger partial charge is 0.372 e. The van der Waals surface area contributed by atoms with Gasteiger partial charge in [-0.1, -0.05) is 23.7 Å². The van der Waals surface area contributed by atoms with Gasteiger partial charge < -0.3 is 10.2 Å². The molecule has 1 fully saturated rings. The van der Waals surface area contributed by atoms with Crippen LogP contribution in [0.2, 0.25) is 5.02 Å². The van der Waals surface area contributed by atoms with Gasteiger partial charge in [0.2, 0.25) is 5.91 Å². The Hall–Kier alpha value is -2.04. The molecule has 5 heteroatoms. The number of benzene rings is 2. The maximum absolute atomic E-state index is 12.2. The number of nitrogens with zero attached hydrogens (tertiary/aromatic N) is 2. The summed E-state index contributed by atoms with van der Waals surface area (Å²) in [5.41, 5.74) is 3.16. The summed E-state index contributed by atoms with van der Waals surface area (Å²) in [5.74, 6) is -0.0153. The lowest BCUT2D eigenvalue weighted by Crippen LogP contribution is -2.29. The van der Waals surface area contributed by atoms with E-state index >= 15 is 0 Å². The Bertz CT molecular complexity index is 711. The SMILES string of the molecule is CN(CC(=O)Nc1ccc(N2CCCC2)cc1)Cc1cccc(Cl)c1. The summed E-state index contributed by atoms with van der Waals surface area (Å²) in [5, 5.41) is 3.68. The molecule has 2 aromatic rings. The number of anilines is 2. The first-order chi connectivity index (χ1) is 12.1. The number of likely N-dealkylation sites (N-methyl/N-ethyl adjacent to an activating group) is 1. The van der Waals surface area contributed by atoms with Crippen molar-refractivity contribution in [2.75, 3.05) is 36.9 Å². The molecule has 0 unspecified atom stereocenters. The average Bonchev–Trinajstić information content (AvgIpc) is 3.09. The minimum atomic E-state index is -0.0153. The van der Waals surface area contributed by atoms with Gasteiger partial charge >= 0.3 is 0 Å².